The Morgan fingerprint density at radius 2 is 1.88 bits per heavy atom. The zero-order valence-corrected chi connectivity index (χ0v) is 14.6. The Morgan fingerprint density at radius 1 is 1.16 bits per heavy atom. The van der Waals surface area contributed by atoms with Gasteiger partial charge in [-0.3, -0.25) is 9.98 Å². The Labute approximate surface area is 147 Å². The number of nitrogens with one attached hydrogen (secondary N) is 1. The number of hydrogen-bond donors (Lipinski definition) is 2. The number of nitrogens with zero attached hydrogens (tertiary/aromatic N) is 4. The topological polar surface area (TPSA) is 116 Å². The maximum Gasteiger partial charge on any atom is 0.294 e. The van der Waals surface area contributed by atoms with Crippen LogP contribution in [-0.4, -0.2) is 23.8 Å². The second-order valence-electron chi connectivity index (χ2n) is 4.93. The van der Waals surface area contributed by atoms with E-state index in [1.54, 1.807) is 6.92 Å². The zero-order chi connectivity index (χ0) is 17.9. The Balaban J connectivity index is 1.67. The van der Waals surface area contributed by atoms with Crippen molar-refractivity contribution in [2.75, 3.05) is 5.43 Å². The van der Waals surface area contributed by atoms with Crippen LogP contribution in [0.4, 0.5) is 10.8 Å². The van der Waals surface area contributed by atoms with E-state index in [9.17, 15) is 8.42 Å². The number of azo groups is 1. The molecule has 0 unspecified atom stereocenters. The van der Waals surface area contributed by atoms with E-state index in [2.05, 4.69) is 25.7 Å². The van der Waals surface area contributed by atoms with Gasteiger partial charge in [0.15, 0.2) is 5.84 Å². The van der Waals surface area contributed by atoms with Gasteiger partial charge in [0.25, 0.3) is 10.1 Å². The minimum absolute atomic E-state index is 0.186. The molecule has 1 aromatic heterocycles. The van der Waals surface area contributed by atoms with Gasteiger partial charge in [0.1, 0.15) is 0 Å². The predicted octanol–water partition coefficient (Wildman–Crippen LogP) is 4.07. The molecule has 0 spiro atoms. The summed E-state index contributed by atoms with van der Waals surface area (Å²) in [7, 11) is -4.20. The lowest BCUT2D eigenvalue weighted by Gasteiger charge is -2.01. The molecule has 2 aromatic carbocycles. The average Bonchev–Trinajstić information content (AvgIpc) is 3.00. The van der Waals surface area contributed by atoms with E-state index in [0.717, 1.165) is 10.2 Å². The fourth-order valence-electron chi connectivity index (χ4n) is 1.89. The molecule has 3 aromatic rings. The van der Waals surface area contributed by atoms with Gasteiger partial charge < -0.3 is 0 Å². The van der Waals surface area contributed by atoms with Crippen LogP contribution in [0.1, 0.15) is 6.92 Å². The maximum absolute atomic E-state index is 11.0. The number of amidine groups is 1. The van der Waals surface area contributed by atoms with Gasteiger partial charge in [-0.05, 0) is 43.3 Å². The summed E-state index contributed by atoms with van der Waals surface area (Å²) in [5, 5.41) is 12.6. The fraction of sp³-hybridized carbons (Fsp3) is 0.0667. The van der Waals surface area contributed by atoms with Crippen LogP contribution in [0.25, 0.3) is 10.2 Å². The number of fused-ring (bicyclic) bond motifs is 1. The number of hydrogen-bond acceptors (Lipinski definition) is 7. The van der Waals surface area contributed by atoms with Crippen molar-refractivity contribution in [3.63, 3.8) is 0 Å². The summed E-state index contributed by atoms with van der Waals surface area (Å²) in [5.74, 6) is 0.373. The number of anilines is 1. The van der Waals surface area contributed by atoms with Gasteiger partial charge in [-0.1, -0.05) is 23.5 Å². The third-order valence-electron chi connectivity index (χ3n) is 3.06. The van der Waals surface area contributed by atoms with Crippen LogP contribution < -0.4 is 5.43 Å². The number of benzene rings is 2. The first kappa shape index (κ1) is 17.1. The number of para-hydroxylation sites is 1. The molecule has 0 fully saturated rings. The zero-order valence-electron chi connectivity index (χ0n) is 13.0. The highest BCUT2D eigenvalue weighted by Crippen LogP contribution is 2.27. The third kappa shape index (κ3) is 4.44. The third-order valence-corrected chi connectivity index (χ3v) is 4.85. The Bertz CT molecular complexity index is 1020. The molecule has 0 radical (unpaired) electrons. The van der Waals surface area contributed by atoms with Crippen molar-refractivity contribution in [3.05, 3.63) is 48.5 Å². The molecule has 2 N–H and O–H groups in total. The normalized spacial score (nSPS) is 12.8. The van der Waals surface area contributed by atoms with Crippen molar-refractivity contribution >= 4 is 48.3 Å². The molecule has 128 valence electrons. The molecule has 0 aliphatic heterocycles. The fourth-order valence-corrected chi connectivity index (χ4v) is 3.15. The molecule has 0 aliphatic carbocycles. The molecule has 25 heavy (non-hydrogen) atoms. The van der Waals surface area contributed by atoms with Crippen LogP contribution in [0.15, 0.2) is 68.8 Å². The molecule has 0 saturated carbocycles. The van der Waals surface area contributed by atoms with E-state index in [1.807, 2.05) is 24.3 Å². The lowest BCUT2D eigenvalue weighted by atomic mass is 10.3. The molecule has 0 aliphatic rings. The largest absolute Gasteiger partial charge is 0.294 e. The summed E-state index contributed by atoms with van der Waals surface area (Å²) in [6, 6.07) is 13.2. The van der Waals surface area contributed by atoms with Crippen LogP contribution in [0, 0.1) is 0 Å². The first-order valence-electron chi connectivity index (χ1n) is 7.07. The average molecular weight is 375 g/mol. The van der Waals surface area contributed by atoms with Gasteiger partial charge in [-0.25, -0.2) is 4.98 Å². The highest BCUT2D eigenvalue weighted by molar-refractivity contribution is 7.85. The van der Waals surface area contributed by atoms with Crippen LogP contribution in [0.2, 0.25) is 0 Å². The van der Waals surface area contributed by atoms with Crippen molar-refractivity contribution in [1.82, 2.24) is 4.98 Å². The van der Waals surface area contributed by atoms with Crippen molar-refractivity contribution in [3.8, 4) is 0 Å². The van der Waals surface area contributed by atoms with Crippen molar-refractivity contribution < 1.29 is 13.0 Å². The molecule has 0 amide bonds. The molecular formula is C15H13N5O3S2. The second-order valence-corrected chi connectivity index (χ2v) is 7.37. The van der Waals surface area contributed by atoms with E-state index in [0.29, 0.717) is 16.7 Å². The quantitative estimate of drug-likeness (QED) is 0.234. The summed E-state index contributed by atoms with van der Waals surface area (Å²) in [6.07, 6.45) is 0. The van der Waals surface area contributed by atoms with Gasteiger partial charge in [0.2, 0.25) is 5.13 Å². The van der Waals surface area contributed by atoms with Gasteiger partial charge in [-0.2, -0.15) is 13.5 Å². The molecule has 3 rings (SSSR count). The molecule has 0 atom stereocenters. The van der Waals surface area contributed by atoms with Crippen LogP contribution in [-0.2, 0) is 10.1 Å². The minimum atomic E-state index is -4.20. The van der Waals surface area contributed by atoms with Crippen LogP contribution in [0.3, 0.4) is 0 Å². The van der Waals surface area contributed by atoms with E-state index in [-0.39, 0.29) is 4.90 Å². The first-order valence-corrected chi connectivity index (χ1v) is 9.33. The minimum Gasteiger partial charge on any atom is -0.282 e. The van der Waals surface area contributed by atoms with E-state index >= 15 is 0 Å². The monoisotopic (exact) mass is 375 g/mol. The summed E-state index contributed by atoms with van der Waals surface area (Å²) in [4.78, 5) is 4.15. The summed E-state index contributed by atoms with van der Waals surface area (Å²) in [6.45, 7) is 1.66. The summed E-state index contributed by atoms with van der Waals surface area (Å²) < 4.78 is 31.9. The highest BCUT2D eigenvalue weighted by Gasteiger charge is 2.08. The highest BCUT2D eigenvalue weighted by atomic mass is 32.2. The van der Waals surface area contributed by atoms with Gasteiger partial charge in [-0.15, -0.1) is 10.2 Å². The Morgan fingerprint density at radius 3 is 2.56 bits per heavy atom. The lowest BCUT2D eigenvalue weighted by Crippen LogP contribution is -1.98. The standard InChI is InChI=1S/C15H13N5O3S2/c1-10(17-19-11-6-8-12(9-7-11)25(21,22)23)18-20-15-16-13-4-2-3-5-14(13)24-15/h2-9,19H,1H3,(H,21,22,23)/b17-10+,20-18?. The number of hydrazone groups is 1. The molecular weight excluding hydrogens is 362 g/mol. The summed E-state index contributed by atoms with van der Waals surface area (Å²) >= 11 is 1.43. The predicted molar refractivity (Wildman–Crippen MR) is 97.1 cm³/mol. The number of rotatable bonds is 4. The number of aromatic nitrogens is 1. The number of thiazole rings is 1. The smallest absolute Gasteiger partial charge is 0.282 e. The van der Waals surface area contributed by atoms with E-state index in [1.165, 1.54) is 35.6 Å². The first-order chi connectivity index (χ1) is 11.9. The van der Waals surface area contributed by atoms with E-state index in [4.69, 9.17) is 4.55 Å². The summed E-state index contributed by atoms with van der Waals surface area (Å²) in [5.41, 5.74) is 4.14. The Kier molecular flexibility index (Phi) is 4.83. The molecule has 0 bridgehead atoms. The SMILES string of the molecule is C/C(N=Nc1nc2ccccc2s1)=N\Nc1ccc(S(=O)(=O)O)cc1. The molecule has 0 saturated heterocycles. The molecule has 1 heterocycles. The second kappa shape index (κ2) is 7.05. The maximum atomic E-state index is 11.0. The molecule has 8 nitrogen and oxygen atoms in total. The van der Waals surface area contributed by atoms with Crippen molar-refractivity contribution in [2.45, 2.75) is 11.8 Å². The molecule has 10 heteroatoms. The Hall–Kier alpha value is -2.69. The van der Waals surface area contributed by atoms with Crippen LogP contribution >= 0.6 is 11.3 Å². The van der Waals surface area contributed by atoms with Crippen LogP contribution in [0.5, 0.6) is 0 Å². The van der Waals surface area contributed by atoms with Gasteiger partial charge in [0.05, 0.1) is 20.8 Å². The van der Waals surface area contributed by atoms with Gasteiger partial charge >= 0.3 is 0 Å². The lowest BCUT2D eigenvalue weighted by molar-refractivity contribution is 0.483. The van der Waals surface area contributed by atoms with Gasteiger partial charge in [0, 0.05) is 0 Å². The van der Waals surface area contributed by atoms with Crippen molar-refractivity contribution in [1.29, 1.82) is 0 Å². The van der Waals surface area contributed by atoms with Crippen molar-refractivity contribution in [2.24, 2.45) is 15.3 Å². The van der Waals surface area contributed by atoms with E-state index < -0.39 is 10.1 Å².